The monoisotopic (exact) mass is 682 g/mol. The van der Waals surface area contributed by atoms with Gasteiger partial charge in [0.05, 0.1) is 9.79 Å². The number of piperazine rings is 1. The Labute approximate surface area is 204 Å². The zero-order valence-corrected chi connectivity index (χ0v) is 22.3. The van der Waals surface area contributed by atoms with Crippen LogP contribution >= 0.6 is 55.9 Å². The number of hydrogen-bond acceptors (Lipinski definition) is 5. The van der Waals surface area contributed by atoms with E-state index in [1.54, 1.807) is 28.6 Å². The highest BCUT2D eigenvalue weighted by Crippen LogP contribution is 2.19. The molecule has 0 spiro atoms. The summed E-state index contributed by atoms with van der Waals surface area (Å²) < 4.78 is 49.8. The summed E-state index contributed by atoms with van der Waals surface area (Å²) in [4.78, 5) is 2.80. The van der Waals surface area contributed by atoms with Gasteiger partial charge in [0, 0.05) is 44.0 Å². The highest BCUT2D eigenvalue weighted by atomic mass is 127. The van der Waals surface area contributed by atoms with Crippen molar-refractivity contribution in [3.05, 3.63) is 55.7 Å². The van der Waals surface area contributed by atoms with Crippen LogP contribution in [0.5, 0.6) is 0 Å². The van der Waals surface area contributed by atoms with E-state index in [1.807, 2.05) is 12.1 Å². The second-order valence-corrected chi connectivity index (χ2v) is 13.2. The number of likely N-dealkylation sites (N-methyl/N-ethyl adjacent to an activating group) is 1. The maximum atomic E-state index is 12.4. The van der Waals surface area contributed by atoms with Crippen LogP contribution in [0.4, 0.5) is 0 Å². The van der Waals surface area contributed by atoms with Crippen LogP contribution in [0.2, 0.25) is 0 Å². The minimum Gasteiger partial charge on any atom is -0.301 e. The van der Waals surface area contributed by atoms with Crippen LogP contribution in [-0.4, -0.2) is 58.8 Å². The van der Waals surface area contributed by atoms with Gasteiger partial charge in [-0.15, -0.1) is 0 Å². The average Bonchev–Trinajstić information content (AvgIpc) is 2.68. The lowest BCUT2D eigenvalue weighted by molar-refractivity contribution is 0.196. The molecule has 6 nitrogen and oxygen atoms in total. The molecule has 29 heavy (non-hydrogen) atoms. The smallest absolute Gasteiger partial charge is 0.261 e. The molecule has 0 saturated carbocycles. The normalized spacial score (nSPS) is 16.1. The topological polar surface area (TPSA) is 74.8 Å². The van der Waals surface area contributed by atoms with Gasteiger partial charge in [-0.25, -0.2) is 16.8 Å². The molecule has 1 fully saturated rings. The Morgan fingerprint density at radius 2 is 1.21 bits per heavy atom. The molecule has 0 amide bonds. The van der Waals surface area contributed by atoms with Gasteiger partial charge in [0.15, 0.2) is 0 Å². The van der Waals surface area contributed by atoms with Crippen LogP contribution in [-0.2, 0) is 19.1 Å². The average molecular weight is 683 g/mol. The number of hydrogen-bond donors (Lipinski definition) is 0. The van der Waals surface area contributed by atoms with Crippen molar-refractivity contribution in [1.29, 1.82) is 0 Å². The molecular formula is C18H21ClI2N2O4S2. The fourth-order valence-corrected chi connectivity index (χ4v) is 5.55. The van der Waals surface area contributed by atoms with E-state index in [-0.39, 0.29) is 4.90 Å². The molecule has 11 heteroatoms. The number of sulfonamides is 1. The molecule has 0 atom stereocenters. The molecule has 0 unspecified atom stereocenters. The first-order valence-electron chi connectivity index (χ1n) is 8.72. The van der Waals surface area contributed by atoms with Crippen molar-refractivity contribution in [2.45, 2.75) is 16.7 Å². The third kappa shape index (κ3) is 7.58. The second kappa shape index (κ2) is 11.0. The lowest BCUT2D eigenvalue weighted by Gasteiger charge is -2.33. The number of nitrogens with zero attached hydrogens (tertiary/aromatic N) is 2. The molecule has 3 rings (SSSR count). The van der Waals surface area contributed by atoms with E-state index < -0.39 is 19.1 Å². The summed E-state index contributed by atoms with van der Waals surface area (Å²) in [7, 11) is -1.78. The van der Waals surface area contributed by atoms with Crippen molar-refractivity contribution in [3.8, 4) is 0 Å². The number of benzene rings is 2. The molecule has 1 aliphatic heterocycles. The predicted octanol–water partition coefficient (Wildman–Crippen LogP) is 3.84. The first-order chi connectivity index (χ1) is 13.5. The summed E-state index contributed by atoms with van der Waals surface area (Å²) in [6.07, 6.45) is 0. The van der Waals surface area contributed by atoms with Gasteiger partial charge >= 0.3 is 0 Å². The van der Waals surface area contributed by atoms with Crippen LogP contribution in [0.15, 0.2) is 58.3 Å². The minimum atomic E-state index is -3.55. The quantitative estimate of drug-likeness (QED) is 0.362. The molecule has 160 valence electrons. The fourth-order valence-electron chi connectivity index (χ4n) is 2.64. The van der Waals surface area contributed by atoms with E-state index in [1.165, 1.54) is 12.1 Å². The molecule has 1 saturated heterocycles. The summed E-state index contributed by atoms with van der Waals surface area (Å²) in [6, 6.07) is 13.4. The van der Waals surface area contributed by atoms with Crippen LogP contribution in [0.3, 0.4) is 0 Å². The van der Waals surface area contributed by atoms with Gasteiger partial charge in [0.25, 0.3) is 9.05 Å². The van der Waals surface area contributed by atoms with Crippen molar-refractivity contribution in [3.63, 3.8) is 0 Å². The van der Waals surface area contributed by atoms with E-state index in [0.717, 1.165) is 26.8 Å². The van der Waals surface area contributed by atoms with Gasteiger partial charge < -0.3 is 4.90 Å². The Hall–Kier alpha value is 0.01000. The van der Waals surface area contributed by atoms with Gasteiger partial charge in [-0.1, -0.05) is 6.92 Å². The fraction of sp³-hybridized carbons (Fsp3) is 0.333. The zero-order chi connectivity index (χ0) is 21.7. The molecule has 0 bridgehead atoms. The van der Waals surface area contributed by atoms with Crippen molar-refractivity contribution in [2.75, 3.05) is 32.7 Å². The Morgan fingerprint density at radius 1 is 0.793 bits per heavy atom. The van der Waals surface area contributed by atoms with E-state index in [0.29, 0.717) is 18.0 Å². The van der Waals surface area contributed by atoms with E-state index in [4.69, 9.17) is 10.7 Å². The van der Waals surface area contributed by atoms with Crippen LogP contribution in [0.25, 0.3) is 0 Å². The summed E-state index contributed by atoms with van der Waals surface area (Å²) in [5, 5.41) is 0. The van der Waals surface area contributed by atoms with Crippen LogP contribution in [0.1, 0.15) is 6.92 Å². The summed E-state index contributed by atoms with van der Waals surface area (Å²) in [5.41, 5.74) is 0. The molecule has 2 aromatic rings. The molecule has 0 N–H and O–H groups in total. The first kappa shape index (κ1) is 25.3. The van der Waals surface area contributed by atoms with Gasteiger partial charge in [-0.2, -0.15) is 4.31 Å². The lowest BCUT2D eigenvalue weighted by atomic mass is 10.4. The Bertz CT molecular complexity index is 1010. The van der Waals surface area contributed by atoms with Crippen LogP contribution in [0, 0.1) is 7.14 Å². The SMILES string of the molecule is CCN1CCN(S(=O)(=O)c2ccc(I)cc2)CC1.O=S(=O)(Cl)c1ccc(I)cc1. The largest absolute Gasteiger partial charge is 0.301 e. The Kier molecular flexibility index (Phi) is 9.63. The summed E-state index contributed by atoms with van der Waals surface area (Å²) in [5.74, 6) is 0. The molecule has 1 heterocycles. The van der Waals surface area contributed by atoms with Crippen molar-refractivity contribution in [1.82, 2.24) is 9.21 Å². The predicted molar refractivity (Wildman–Crippen MR) is 132 cm³/mol. The first-order valence-corrected chi connectivity index (χ1v) is 14.6. The molecule has 0 radical (unpaired) electrons. The van der Waals surface area contributed by atoms with E-state index >= 15 is 0 Å². The second-order valence-electron chi connectivity index (χ2n) is 6.18. The Balaban J connectivity index is 0.000000234. The molecule has 2 aromatic carbocycles. The maximum Gasteiger partial charge on any atom is 0.261 e. The van der Waals surface area contributed by atoms with Gasteiger partial charge in [0.2, 0.25) is 10.0 Å². The van der Waals surface area contributed by atoms with E-state index in [2.05, 4.69) is 57.0 Å². The summed E-state index contributed by atoms with van der Waals surface area (Å²) >= 11 is 4.26. The standard InChI is InChI=1S/C12H17IN2O2S.C6H4ClIO2S/c1-2-14-7-9-15(10-8-14)18(16,17)12-5-3-11(13)4-6-12;7-11(9,10)6-3-1-5(8)2-4-6/h3-6H,2,7-10H2,1H3;1-4H. The number of rotatable bonds is 4. The van der Waals surface area contributed by atoms with Gasteiger partial charge in [0.1, 0.15) is 0 Å². The highest BCUT2D eigenvalue weighted by molar-refractivity contribution is 14.1. The van der Waals surface area contributed by atoms with Crippen LogP contribution < -0.4 is 0 Å². The van der Waals surface area contributed by atoms with E-state index in [9.17, 15) is 16.8 Å². The summed E-state index contributed by atoms with van der Waals surface area (Å²) in [6.45, 7) is 5.89. The van der Waals surface area contributed by atoms with Crippen molar-refractivity contribution < 1.29 is 16.8 Å². The number of halogens is 3. The molecule has 1 aliphatic rings. The molecule has 0 aliphatic carbocycles. The molecule has 0 aromatic heterocycles. The maximum absolute atomic E-state index is 12.4. The minimum absolute atomic E-state index is 0.139. The van der Waals surface area contributed by atoms with Gasteiger partial charge in [-0.05, 0) is 100 Å². The van der Waals surface area contributed by atoms with Gasteiger partial charge in [-0.3, -0.25) is 0 Å². The lowest BCUT2D eigenvalue weighted by Crippen LogP contribution is -2.48. The molecular weight excluding hydrogens is 662 g/mol. The Morgan fingerprint density at radius 3 is 1.59 bits per heavy atom. The zero-order valence-electron chi connectivity index (χ0n) is 15.6. The third-order valence-electron chi connectivity index (χ3n) is 4.33. The highest BCUT2D eigenvalue weighted by Gasteiger charge is 2.27. The van der Waals surface area contributed by atoms with Crippen molar-refractivity contribution in [2.24, 2.45) is 0 Å². The van der Waals surface area contributed by atoms with Crippen molar-refractivity contribution >= 4 is 74.9 Å². The third-order valence-corrected chi connectivity index (χ3v) is 9.05.